The van der Waals surface area contributed by atoms with Crippen molar-refractivity contribution in [3.63, 3.8) is 0 Å². The summed E-state index contributed by atoms with van der Waals surface area (Å²) in [5, 5.41) is 3.32. The normalized spacial score (nSPS) is 15.3. The highest BCUT2D eigenvalue weighted by Crippen LogP contribution is 2.08. The van der Waals surface area contributed by atoms with Crippen LogP contribution in [0.4, 0.5) is 0 Å². The molecule has 19 heavy (non-hydrogen) atoms. The number of nitrogens with one attached hydrogen (secondary N) is 1. The lowest BCUT2D eigenvalue weighted by atomic mass is 10.0. The Hall–Kier alpha value is -1.35. The molecule has 106 valence electrons. The lowest BCUT2D eigenvalue weighted by Gasteiger charge is -2.17. The van der Waals surface area contributed by atoms with Crippen molar-refractivity contribution < 1.29 is 9.53 Å². The Morgan fingerprint density at radius 3 is 2.37 bits per heavy atom. The van der Waals surface area contributed by atoms with Crippen molar-refractivity contribution >= 4 is 5.97 Å². The van der Waals surface area contributed by atoms with Crippen molar-refractivity contribution in [1.82, 2.24) is 5.32 Å². The van der Waals surface area contributed by atoms with Gasteiger partial charge in [0.15, 0.2) is 0 Å². The van der Waals surface area contributed by atoms with E-state index in [1.807, 2.05) is 37.3 Å². The molecule has 0 aromatic heterocycles. The number of hydrogen-bond donors (Lipinski definition) is 1. The van der Waals surface area contributed by atoms with Gasteiger partial charge in [-0.2, -0.15) is 0 Å². The highest BCUT2D eigenvalue weighted by Gasteiger charge is 2.05. The van der Waals surface area contributed by atoms with E-state index in [9.17, 15) is 4.79 Å². The molecule has 0 bridgehead atoms. The molecule has 1 saturated heterocycles. The monoisotopic (exact) mass is 263 g/mol. The number of hydrogen-bond acceptors (Lipinski definition) is 3. The van der Waals surface area contributed by atoms with Gasteiger partial charge in [0, 0.05) is 0 Å². The minimum Gasteiger partial charge on any atom is -0.466 e. The van der Waals surface area contributed by atoms with Gasteiger partial charge >= 0.3 is 5.97 Å². The van der Waals surface area contributed by atoms with Crippen LogP contribution in [-0.2, 0) is 16.0 Å². The molecule has 3 heteroatoms. The number of piperidine rings is 1. The Morgan fingerprint density at radius 1 is 1.26 bits per heavy atom. The van der Waals surface area contributed by atoms with Crippen molar-refractivity contribution in [3.8, 4) is 0 Å². The van der Waals surface area contributed by atoms with Crippen LogP contribution in [0.1, 0.15) is 32.3 Å². The molecule has 0 spiro atoms. The van der Waals surface area contributed by atoms with Crippen LogP contribution in [0.15, 0.2) is 30.3 Å². The first kappa shape index (κ1) is 15.7. The third-order valence-corrected chi connectivity index (χ3v) is 3.12. The molecule has 0 atom stereocenters. The fraction of sp³-hybridized carbons (Fsp3) is 0.562. The summed E-state index contributed by atoms with van der Waals surface area (Å²) in [5.41, 5.74) is 0.996. The van der Waals surface area contributed by atoms with Crippen LogP contribution in [-0.4, -0.2) is 25.7 Å². The van der Waals surface area contributed by atoms with Gasteiger partial charge in [-0.1, -0.05) is 37.3 Å². The molecule has 0 amide bonds. The predicted molar refractivity (Wildman–Crippen MR) is 78.0 cm³/mol. The molecule has 1 N–H and O–H groups in total. The Balaban J connectivity index is 0.000000218. The van der Waals surface area contributed by atoms with Crippen LogP contribution < -0.4 is 5.32 Å². The number of rotatable bonds is 3. The number of esters is 1. The smallest absolute Gasteiger partial charge is 0.310 e. The van der Waals surface area contributed by atoms with E-state index in [1.165, 1.54) is 25.9 Å². The summed E-state index contributed by atoms with van der Waals surface area (Å²) in [4.78, 5) is 11.0. The SMILES string of the molecule is CC1CCNCC1.CCOC(=O)Cc1ccccc1. The standard InChI is InChI=1S/C10H12O2.C6H13N/c1-2-12-10(11)8-9-6-4-3-5-7-9;1-6-2-4-7-5-3-6/h3-7H,2,8H2,1H3;6-7H,2-5H2,1H3. The average Bonchev–Trinajstić information content (AvgIpc) is 2.42. The summed E-state index contributed by atoms with van der Waals surface area (Å²) in [6.45, 7) is 7.05. The molecule has 1 aliphatic rings. The van der Waals surface area contributed by atoms with Crippen LogP contribution >= 0.6 is 0 Å². The highest BCUT2D eigenvalue weighted by atomic mass is 16.5. The molecule has 1 aliphatic heterocycles. The molecule has 0 saturated carbocycles. The van der Waals surface area contributed by atoms with Crippen molar-refractivity contribution in [3.05, 3.63) is 35.9 Å². The van der Waals surface area contributed by atoms with Crippen molar-refractivity contribution in [2.75, 3.05) is 19.7 Å². The van der Waals surface area contributed by atoms with E-state index in [-0.39, 0.29) is 5.97 Å². The third-order valence-electron chi connectivity index (χ3n) is 3.12. The third kappa shape index (κ3) is 7.62. The molecule has 0 unspecified atom stereocenters. The van der Waals surface area contributed by atoms with Crippen LogP contribution in [0, 0.1) is 5.92 Å². The Kier molecular flexibility index (Phi) is 7.91. The zero-order valence-corrected chi connectivity index (χ0v) is 12.0. The topological polar surface area (TPSA) is 38.3 Å². The van der Waals surface area contributed by atoms with Gasteiger partial charge in [-0.05, 0) is 44.3 Å². The zero-order chi connectivity index (χ0) is 13.9. The lowest BCUT2D eigenvalue weighted by Crippen LogP contribution is -2.26. The van der Waals surface area contributed by atoms with Crippen LogP contribution in [0.3, 0.4) is 0 Å². The first-order valence-corrected chi connectivity index (χ1v) is 7.12. The minimum atomic E-state index is -0.163. The molecule has 1 heterocycles. The van der Waals surface area contributed by atoms with E-state index in [0.29, 0.717) is 13.0 Å². The predicted octanol–water partition coefficient (Wildman–Crippen LogP) is 2.80. The average molecular weight is 263 g/mol. The minimum absolute atomic E-state index is 0.163. The van der Waals surface area contributed by atoms with Crippen LogP contribution in [0.5, 0.6) is 0 Å². The Morgan fingerprint density at radius 2 is 1.89 bits per heavy atom. The number of carbonyl (C=O) groups is 1. The van der Waals surface area contributed by atoms with E-state index < -0.39 is 0 Å². The largest absolute Gasteiger partial charge is 0.466 e. The van der Waals surface area contributed by atoms with Crippen molar-refractivity contribution in [2.24, 2.45) is 5.92 Å². The molecule has 0 radical (unpaired) electrons. The summed E-state index contributed by atoms with van der Waals surface area (Å²) < 4.78 is 4.81. The molecule has 2 rings (SSSR count). The quantitative estimate of drug-likeness (QED) is 0.852. The fourth-order valence-electron chi connectivity index (χ4n) is 1.94. The molecule has 3 nitrogen and oxygen atoms in total. The summed E-state index contributed by atoms with van der Waals surface area (Å²) in [7, 11) is 0. The second-order valence-electron chi connectivity index (χ2n) is 4.90. The summed E-state index contributed by atoms with van der Waals surface area (Å²) in [6, 6.07) is 9.58. The molecular weight excluding hydrogens is 238 g/mol. The summed E-state index contributed by atoms with van der Waals surface area (Å²) in [6.07, 6.45) is 3.12. The zero-order valence-electron chi connectivity index (χ0n) is 12.0. The summed E-state index contributed by atoms with van der Waals surface area (Å²) in [5.74, 6) is 0.810. The maximum Gasteiger partial charge on any atom is 0.310 e. The van der Waals surface area contributed by atoms with E-state index >= 15 is 0 Å². The lowest BCUT2D eigenvalue weighted by molar-refractivity contribution is -0.142. The molecule has 0 aliphatic carbocycles. The number of ether oxygens (including phenoxy) is 1. The van der Waals surface area contributed by atoms with Gasteiger partial charge < -0.3 is 10.1 Å². The van der Waals surface area contributed by atoms with Crippen molar-refractivity contribution in [1.29, 1.82) is 0 Å². The molecular formula is C16H25NO2. The maximum absolute atomic E-state index is 11.0. The maximum atomic E-state index is 11.0. The van der Waals surface area contributed by atoms with Gasteiger partial charge in [0.2, 0.25) is 0 Å². The van der Waals surface area contributed by atoms with Gasteiger partial charge in [-0.25, -0.2) is 0 Å². The second kappa shape index (κ2) is 9.56. The summed E-state index contributed by atoms with van der Waals surface area (Å²) >= 11 is 0. The van der Waals surface area contributed by atoms with Gasteiger partial charge in [-0.3, -0.25) is 4.79 Å². The Bertz CT molecular complexity index is 345. The molecule has 1 fully saturated rings. The van der Waals surface area contributed by atoms with Crippen LogP contribution in [0.25, 0.3) is 0 Å². The van der Waals surface area contributed by atoms with E-state index in [1.54, 1.807) is 0 Å². The molecule has 1 aromatic carbocycles. The number of benzene rings is 1. The van der Waals surface area contributed by atoms with E-state index in [0.717, 1.165) is 11.5 Å². The molecule has 1 aromatic rings. The van der Waals surface area contributed by atoms with Crippen LogP contribution in [0.2, 0.25) is 0 Å². The Labute approximate surface area is 116 Å². The first-order chi connectivity index (χ1) is 9.22. The van der Waals surface area contributed by atoms with E-state index in [2.05, 4.69) is 12.2 Å². The highest BCUT2D eigenvalue weighted by molar-refractivity contribution is 5.72. The van der Waals surface area contributed by atoms with Gasteiger partial charge in [0.05, 0.1) is 13.0 Å². The number of carbonyl (C=O) groups excluding carboxylic acids is 1. The van der Waals surface area contributed by atoms with Gasteiger partial charge in [-0.15, -0.1) is 0 Å². The fourth-order valence-corrected chi connectivity index (χ4v) is 1.94. The first-order valence-electron chi connectivity index (χ1n) is 7.12. The van der Waals surface area contributed by atoms with E-state index in [4.69, 9.17) is 4.74 Å². The van der Waals surface area contributed by atoms with Gasteiger partial charge in [0.1, 0.15) is 0 Å². The van der Waals surface area contributed by atoms with Gasteiger partial charge in [0.25, 0.3) is 0 Å². The second-order valence-corrected chi connectivity index (χ2v) is 4.90. The van der Waals surface area contributed by atoms with Crippen molar-refractivity contribution in [2.45, 2.75) is 33.1 Å².